The van der Waals surface area contributed by atoms with Gasteiger partial charge in [-0.15, -0.1) is 24.8 Å². The van der Waals surface area contributed by atoms with Gasteiger partial charge in [-0.05, 0) is 61.1 Å². The molecular formula is C22H29Cl2N5O2. The number of amides is 3. The molecule has 31 heavy (non-hydrogen) atoms. The maximum absolute atomic E-state index is 12.7. The summed E-state index contributed by atoms with van der Waals surface area (Å²) in [6, 6.07) is 11.0. The molecule has 1 saturated carbocycles. The maximum atomic E-state index is 12.7. The van der Waals surface area contributed by atoms with Crippen molar-refractivity contribution in [3.8, 4) is 0 Å². The Morgan fingerprint density at radius 1 is 1.00 bits per heavy atom. The molecule has 2 aliphatic rings. The van der Waals surface area contributed by atoms with E-state index in [9.17, 15) is 9.59 Å². The van der Waals surface area contributed by atoms with E-state index >= 15 is 0 Å². The zero-order chi connectivity index (χ0) is 20.1. The monoisotopic (exact) mass is 465 g/mol. The molecular weight excluding hydrogens is 437 g/mol. The molecule has 1 aromatic heterocycles. The van der Waals surface area contributed by atoms with Gasteiger partial charge >= 0.3 is 6.03 Å². The molecule has 7 nitrogen and oxygen atoms in total. The number of carbonyl (C=O) groups excluding carboxylic acids is 2. The summed E-state index contributed by atoms with van der Waals surface area (Å²) in [6.45, 7) is 0.417. The lowest BCUT2D eigenvalue weighted by molar-refractivity contribution is -0.117. The van der Waals surface area contributed by atoms with Crippen LogP contribution < -0.4 is 21.3 Å². The number of benzene rings is 1. The molecule has 168 valence electrons. The number of urea groups is 1. The Bertz CT molecular complexity index is 854. The van der Waals surface area contributed by atoms with E-state index < -0.39 is 0 Å². The number of pyridine rings is 1. The fourth-order valence-electron chi connectivity index (χ4n) is 4.28. The van der Waals surface area contributed by atoms with Gasteiger partial charge in [-0.25, -0.2) is 4.79 Å². The topological polar surface area (TPSA) is 95.2 Å². The van der Waals surface area contributed by atoms with Crippen LogP contribution in [-0.2, 0) is 11.3 Å². The van der Waals surface area contributed by atoms with Crippen molar-refractivity contribution in [3.63, 3.8) is 0 Å². The summed E-state index contributed by atoms with van der Waals surface area (Å²) in [5.74, 6) is 0.621. The Labute approximate surface area is 195 Å². The smallest absolute Gasteiger partial charge is 0.319 e. The molecule has 9 heteroatoms. The van der Waals surface area contributed by atoms with Gasteiger partial charge in [0.1, 0.15) is 0 Å². The van der Waals surface area contributed by atoms with Crippen LogP contribution in [-0.4, -0.2) is 29.0 Å². The van der Waals surface area contributed by atoms with Crippen LogP contribution >= 0.6 is 24.8 Å². The molecule has 2 aromatic rings. The minimum atomic E-state index is -0.299. The van der Waals surface area contributed by atoms with E-state index in [1.807, 2.05) is 24.3 Å². The molecule has 3 atom stereocenters. The number of nitrogens with one attached hydrogen (secondary N) is 4. The summed E-state index contributed by atoms with van der Waals surface area (Å²) in [6.07, 6.45) is 9.20. The molecule has 3 unspecified atom stereocenters. The fourth-order valence-corrected chi connectivity index (χ4v) is 4.28. The minimum absolute atomic E-state index is 0. The Morgan fingerprint density at radius 3 is 2.45 bits per heavy atom. The van der Waals surface area contributed by atoms with Gasteiger partial charge < -0.3 is 21.3 Å². The first-order valence-corrected chi connectivity index (χ1v) is 10.3. The number of fused-ring (bicyclic) bond motifs is 1. The van der Waals surface area contributed by atoms with E-state index in [1.165, 1.54) is 25.7 Å². The molecule has 0 radical (unpaired) electrons. The van der Waals surface area contributed by atoms with Crippen molar-refractivity contribution < 1.29 is 9.59 Å². The van der Waals surface area contributed by atoms with E-state index in [-0.39, 0.29) is 42.8 Å². The highest BCUT2D eigenvalue weighted by Gasteiger charge is 2.38. The number of hydrogen-bond donors (Lipinski definition) is 4. The third-order valence-electron chi connectivity index (χ3n) is 5.77. The van der Waals surface area contributed by atoms with Crippen LogP contribution in [0.3, 0.4) is 0 Å². The zero-order valence-electron chi connectivity index (χ0n) is 17.2. The number of rotatable bonds is 5. The van der Waals surface area contributed by atoms with Crippen molar-refractivity contribution >= 4 is 48.1 Å². The summed E-state index contributed by atoms with van der Waals surface area (Å²) >= 11 is 0. The first-order valence-electron chi connectivity index (χ1n) is 10.3. The van der Waals surface area contributed by atoms with Gasteiger partial charge in [-0.2, -0.15) is 0 Å². The number of halogens is 2. The zero-order valence-corrected chi connectivity index (χ0v) is 18.8. The highest BCUT2D eigenvalue weighted by molar-refractivity contribution is 5.96. The van der Waals surface area contributed by atoms with Gasteiger partial charge in [-0.1, -0.05) is 18.9 Å². The second-order valence-corrected chi connectivity index (χ2v) is 7.84. The molecule has 1 aliphatic heterocycles. The predicted molar refractivity (Wildman–Crippen MR) is 127 cm³/mol. The molecule has 3 amide bonds. The SMILES string of the molecule is Cl.Cl.O=C(NCc1ccncc1)Nc1cccc(NC(=O)C2CC3CCCCC3N2)c1. The number of aromatic nitrogens is 1. The van der Waals surface area contributed by atoms with Crippen molar-refractivity contribution in [3.05, 3.63) is 54.4 Å². The van der Waals surface area contributed by atoms with Crippen LogP contribution in [0.15, 0.2) is 48.8 Å². The van der Waals surface area contributed by atoms with Gasteiger partial charge in [0, 0.05) is 36.4 Å². The molecule has 2 heterocycles. The molecule has 4 N–H and O–H groups in total. The average molecular weight is 466 g/mol. The fraction of sp³-hybridized carbons (Fsp3) is 0.409. The van der Waals surface area contributed by atoms with E-state index in [0.29, 0.717) is 29.9 Å². The van der Waals surface area contributed by atoms with Crippen LogP contribution in [0.25, 0.3) is 0 Å². The summed E-state index contributed by atoms with van der Waals surface area (Å²) in [7, 11) is 0. The Kier molecular flexibility index (Phi) is 9.55. The van der Waals surface area contributed by atoms with E-state index in [0.717, 1.165) is 12.0 Å². The van der Waals surface area contributed by atoms with Gasteiger partial charge in [0.25, 0.3) is 0 Å². The van der Waals surface area contributed by atoms with Crippen molar-refractivity contribution in [2.24, 2.45) is 5.92 Å². The molecule has 1 saturated heterocycles. The predicted octanol–water partition coefficient (Wildman–Crippen LogP) is 4.11. The summed E-state index contributed by atoms with van der Waals surface area (Å²) in [4.78, 5) is 28.8. The van der Waals surface area contributed by atoms with Gasteiger partial charge in [0.15, 0.2) is 0 Å². The normalized spacial score (nSPS) is 21.6. The maximum Gasteiger partial charge on any atom is 0.319 e. The molecule has 4 rings (SSSR count). The molecule has 0 bridgehead atoms. The lowest BCUT2D eigenvalue weighted by Gasteiger charge is -2.24. The Balaban J connectivity index is 0.00000171. The van der Waals surface area contributed by atoms with Crippen LogP contribution in [0, 0.1) is 5.92 Å². The Morgan fingerprint density at radius 2 is 1.71 bits per heavy atom. The van der Waals surface area contributed by atoms with Crippen LogP contribution in [0.4, 0.5) is 16.2 Å². The van der Waals surface area contributed by atoms with Gasteiger partial charge in [0.05, 0.1) is 6.04 Å². The van der Waals surface area contributed by atoms with Gasteiger partial charge in [0.2, 0.25) is 5.91 Å². The number of anilines is 2. The van der Waals surface area contributed by atoms with Crippen LogP contribution in [0.5, 0.6) is 0 Å². The second-order valence-electron chi connectivity index (χ2n) is 7.84. The van der Waals surface area contributed by atoms with Crippen molar-refractivity contribution in [2.45, 2.75) is 50.7 Å². The molecule has 1 aliphatic carbocycles. The third kappa shape index (κ3) is 6.82. The number of nitrogens with zero attached hydrogens (tertiary/aromatic N) is 1. The number of hydrogen-bond acceptors (Lipinski definition) is 4. The van der Waals surface area contributed by atoms with Crippen molar-refractivity contribution in [1.82, 2.24) is 15.6 Å². The molecule has 1 aromatic carbocycles. The van der Waals surface area contributed by atoms with Crippen molar-refractivity contribution in [1.29, 1.82) is 0 Å². The van der Waals surface area contributed by atoms with E-state index in [1.54, 1.807) is 24.5 Å². The standard InChI is InChI=1S/C22H27N5O2.2ClH/c28-21(20-12-16-4-1-2-7-19(16)27-20)25-17-5-3-6-18(13-17)26-22(29)24-14-15-8-10-23-11-9-15;;/h3,5-6,8-11,13,16,19-20,27H,1-2,4,7,12,14H2,(H,25,28)(H2,24,26,29);2*1H. The Hall–Kier alpha value is -2.35. The highest BCUT2D eigenvalue weighted by atomic mass is 35.5. The van der Waals surface area contributed by atoms with E-state index in [2.05, 4.69) is 26.3 Å². The average Bonchev–Trinajstić information content (AvgIpc) is 3.18. The third-order valence-corrected chi connectivity index (χ3v) is 5.77. The van der Waals surface area contributed by atoms with Crippen LogP contribution in [0.1, 0.15) is 37.7 Å². The summed E-state index contributed by atoms with van der Waals surface area (Å²) < 4.78 is 0. The summed E-state index contributed by atoms with van der Waals surface area (Å²) in [5.41, 5.74) is 2.28. The van der Waals surface area contributed by atoms with Crippen LogP contribution in [0.2, 0.25) is 0 Å². The van der Waals surface area contributed by atoms with Crippen molar-refractivity contribution in [2.75, 3.05) is 10.6 Å². The van der Waals surface area contributed by atoms with Gasteiger partial charge in [-0.3, -0.25) is 9.78 Å². The lowest BCUT2D eigenvalue weighted by atomic mass is 9.85. The highest BCUT2D eigenvalue weighted by Crippen LogP contribution is 2.33. The minimum Gasteiger partial charge on any atom is -0.334 e. The lowest BCUT2D eigenvalue weighted by Crippen LogP contribution is -2.39. The molecule has 0 spiro atoms. The second kappa shape index (κ2) is 11.9. The summed E-state index contributed by atoms with van der Waals surface area (Å²) in [5, 5.41) is 12.1. The van der Waals surface area contributed by atoms with E-state index in [4.69, 9.17) is 0 Å². The first-order chi connectivity index (χ1) is 14.2. The molecule has 2 fully saturated rings. The quantitative estimate of drug-likeness (QED) is 0.534. The first kappa shape index (κ1) is 24.9. The largest absolute Gasteiger partial charge is 0.334 e. The number of carbonyl (C=O) groups is 2.